The van der Waals surface area contributed by atoms with Crippen LogP contribution in [0.4, 0.5) is 0 Å². The van der Waals surface area contributed by atoms with Crippen LogP contribution < -0.4 is 0 Å². The number of carbonyl (C=O) groups is 1. The summed E-state index contributed by atoms with van der Waals surface area (Å²) in [6, 6.07) is 6.26. The van der Waals surface area contributed by atoms with E-state index in [1.807, 2.05) is 23.1 Å². The molecule has 3 heteroatoms. The summed E-state index contributed by atoms with van der Waals surface area (Å²) in [5.41, 5.74) is 1.05. The van der Waals surface area contributed by atoms with E-state index in [0.717, 1.165) is 31.4 Å². The number of hydrogen-bond acceptors (Lipinski definition) is 2. The van der Waals surface area contributed by atoms with Crippen LogP contribution in [0.15, 0.2) is 24.4 Å². The van der Waals surface area contributed by atoms with Crippen molar-refractivity contribution < 1.29 is 4.79 Å². The van der Waals surface area contributed by atoms with Gasteiger partial charge in [-0.05, 0) is 37.8 Å². The normalized spacial score (nSPS) is 15.4. The van der Waals surface area contributed by atoms with E-state index < -0.39 is 0 Å². The predicted octanol–water partition coefficient (Wildman–Crippen LogP) is 3.20. The fourth-order valence-corrected chi connectivity index (χ4v) is 3.02. The second-order valence-electron chi connectivity index (χ2n) is 5.69. The Hall–Kier alpha value is -1.82. The fraction of sp³-hybridized carbons (Fsp3) is 0.556. The average molecular weight is 284 g/mol. The minimum atomic E-state index is 0.204. The minimum Gasteiger partial charge on any atom is -0.329 e. The second-order valence-corrected chi connectivity index (χ2v) is 5.69. The molecule has 1 saturated carbocycles. The maximum atomic E-state index is 12.4. The van der Waals surface area contributed by atoms with Crippen LogP contribution in [0.2, 0.25) is 0 Å². The van der Waals surface area contributed by atoms with Gasteiger partial charge in [0.05, 0.1) is 6.54 Å². The third-order valence-electron chi connectivity index (χ3n) is 4.15. The van der Waals surface area contributed by atoms with Gasteiger partial charge in [-0.25, -0.2) is 0 Å². The third-order valence-corrected chi connectivity index (χ3v) is 4.15. The highest BCUT2D eigenvalue weighted by Gasteiger charge is 2.24. The maximum Gasteiger partial charge on any atom is 0.223 e. The largest absolute Gasteiger partial charge is 0.329 e. The first-order chi connectivity index (χ1) is 10.3. The van der Waals surface area contributed by atoms with Gasteiger partial charge in [0.15, 0.2) is 0 Å². The van der Waals surface area contributed by atoms with Crippen molar-refractivity contribution in [2.75, 3.05) is 6.54 Å². The smallest absolute Gasteiger partial charge is 0.223 e. The molecule has 112 valence electrons. The molecule has 2 rings (SSSR count). The van der Waals surface area contributed by atoms with Crippen LogP contribution in [0.1, 0.15) is 50.6 Å². The number of terminal acetylenes is 1. The van der Waals surface area contributed by atoms with Gasteiger partial charge in [-0.2, -0.15) is 0 Å². The van der Waals surface area contributed by atoms with Crippen molar-refractivity contribution in [3.8, 4) is 12.3 Å². The summed E-state index contributed by atoms with van der Waals surface area (Å²) in [6.07, 6.45) is 15.4. The number of hydrogen-bond donors (Lipinski definition) is 0. The molecule has 21 heavy (non-hydrogen) atoms. The Morgan fingerprint density at radius 2 is 2.14 bits per heavy atom. The van der Waals surface area contributed by atoms with Crippen LogP contribution in [0.3, 0.4) is 0 Å². The Labute approximate surface area is 127 Å². The lowest BCUT2D eigenvalue weighted by Gasteiger charge is -2.33. The Morgan fingerprint density at radius 3 is 2.81 bits per heavy atom. The predicted molar refractivity (Wildman–Crippen MR) is 84.6 cm³/mol. The standard InChI is InChI=1S/C18H24N2O/c1-2-15-20(17-11-4-3-5-12-17)18(21)13-8-10-16-9-6-7-14-19-16/h1,6-7,9,14,17H,3-5,8,10-13,15H2. The number of rotatable bonds is 6. The molecule has 1 aromatic rings. The van der Waals surface area contributed by atoms with Crippen LogP contribution in [-0.4, -0.2) is 28.4 Å². The third kappa shape index (κ3) is 4.90. The number of nitrogens with zero attached hydrogens (tertiary/aromatic N) is 2. The molecule has 0 saturated heterocycles. The number of amides is 1. The first kappa shape index (κ1) is 15.6. The van der Waals surface area contributed by atoms with Gasteiger partial charge in [0.1, 0.15) is 0 Å². The molecule has 0 spiro atoms. The van der Waals surface area contributed by atoms with Gasteiger partial charge in [-0.3, -0.25) is 9.78 Å². The first-order valence-electron chi connectivity index (χ1n) is 7.94. The van der Waals surface area contributed by atoms with E-state index in [-0.39, 0.29) is 5.91 Å². The van der Waals surface area contributed by atoms with E-state index in [4.69, 9.17) is 6.42 Å². The molecule has 1 heterocycles. The van der Waals surface area contributed by atoms with Gasteiger partial charge in [0.25, 0.3) is 0 Å². The maximum absolute atomic E-state index is 12.4. The number of carbonyl (C=O) groups excluding carboxylic acids is 1. The highest BCUT2D eigenvalue weighted by molar-refractivity contribution is 5.76. The molecule has 0 N–H and O–H groups in total. The summed E-state index contributed by atoms with van der Waals surface area (Å²) in [7, 11) is 0. The highest BCUT2D eigenvalue weighted by atomic mass is 16.2. The summed E-state index contributed by atoms with van der Waals surface area (Å²) >= 11 is 0. The molecule has 1 fully saturated rings. The zero-order valence-corrected chi connectivity index (χ0v) is 12.6. The van der Waals surface area contributed by atoms with Crippen LogP contribution >= 0.6 is 0 Å². The zero-order chi connectivity index (χ0) is 14.9. The first-order valence-corrected chi connectivity index (χ1v) is 7.94. The molecular weight excluding hydrogens is 260 g/mol. The van der Waals surface area contributed by atoms with Crippen molar-refractivity contribution in [3.05, 3.63) is 30.1 Å². The van der Waals surface area contributed by atoms with Crippen LogP contribution in [-0.2, 0) is 11.2 Å². The van der Waals surface area contributed by atoms with Crippen molar-refractivity contribution >= 4 is 5.91 Å². The Balaban J connectivity index is 1.82. The van der Waals surface area contributed by atoms with E-state index in [0.29, 0.717) is 19.0 Å². The molecule has 3 nitrogen and oxygen atoms in total. The average Bonchev–Trinajstić information content (AvgIpc) is 2.54. The summed E-state index contributed by atoms with van der Waals surface area (Å²) in [5, 5.41) is 0. The van der Waals surface area contributed by atoms with Gasteiger partial charge >= 0.3 is 0 Å². The Kier molecular flexibility index (Phi) is 6.27. The van der Waals surface area contributed by atoms with Gasteiger partial charge in [0, 0.05) is 24.4 Å². The number of pyridine rings is 1. The van der Waals surface area contributed by atoms with Crippen molar-refractivity contribution in [1.82, 2.24) is 9.88 Å². The van der Waals surface area contributed by atoms with Crippen molar-refractivity contribution in [2.45, 2.75) is 57.4 Å². The molecule has 0 atom stereocenters. The van der Waals surface area contributed by atoms with E-state index >= 15 is 0 Å². The molecular formula is C18H24N2O. The summed E-state index contributed by atoms with van der Waals surface area (Å²) in [6.45, 7) is 0.451. The van der Waals surface area contributed by atoms with E-state index in [9.17, 15) is 4.79 Å². The molecule has 0 aliphatic heterocycles. The van der Waals surface area contributed by atoms with E-state index in [1.165, 1.54) is 19.3 Å². The second kappa shape index (κ2) is 8.46. The SMILES string of the molecule is C#CCN(C(=O)CCCc1ccccn1)C1CCCCC1. The lowest BCUT2D eigenvalue weighted by atomic mass is 9.94. The molecule has 0 bridgehead atoms. The lowest BCUT2D eigenvalue weighted by Crippen LogP contribution is -2.41. The van der Waals surface area contributed by atoms with Gasteiger partial charge in [-0.1, -0.05) is 31.2 Å². The number of aryl methyl sites for hydroxylation is 1. The van der Waals surface area contributed by atoms with Crippen LogP contribution in [0, 0.1) is 12.3 Å². The van der Waals surface area contributed by atoms with E-state index in [2.05, 4.69) is 10.9 Å². The molecule has 1 amide bonds. The van der Waals surface area contributed by atoms with Crippen molar-refractivity contribution in [3.63, 3.8) is 0 Å². The molecule has 1 aromatic heterocycles. The van der Waals surface area contributed by atoms with E-state index in [1.54, 1.807) is 6.20 Å². The van der Waals surface area contributed by atoms with Crippen LogP contribution in [0.25, 0.3) is 0 Å². The quantitative estimate of drug-likeness (QED) is 0.752. The summed E-state index contributed by atoms with van der Waals surface area (Å²) in [5.74, 6) is 2.85. The molecule has 1 aliphatic carbocycles. The topological polar surface area (TPSA) is 33.2 Å². The Morgan fingerprint density at radius 1 is 1.33 bits per heavy atom. The summed E-state index contributed by atoms with van der Waals surface area (Å²) in [4.78, 5) is 18.7. The van der Waals surface area contributed by atoms with Gasteiger partial charge in [-0.15, -0.1) is 6.42 Å². The zero-order valence-electron chi connectivity index (χ0n) is 12.6. The van der Waals surface area contributed by atoms with Crippen LogP contribution in [0.5, 0.6) is 0 Å². The molecule has 0 aromatic carbocycles. The number of aromatic nitrogens is 1. The highest BCUT2D eigenvalue weighted by Crippen LogP contribution is 2.23. The molecule has 0 radical (unpaired) electrons. The van der Waals surface area contributed by atoms with Gasteiger partial charge in [0.2, 0.25) is 5.91 Å². The molecule has 0 unspecified atom stereocenters. The monoisotopic (exact) mass is 284 g/mol. The minimum absolute atomic E-state index is 0.204. The fourth-order valence-electron chi connectivity index (χ4n) is 3.02. The molecule has 1 aliphatic rings. The lowest BCUT2D eigenvalue weighted by molar-refractivity contribution is -0.133. The Bertz CT molecular complexity index is 472. The summed E-state index contributed by atoms with van der Waals surface area (Å²) < 4.78 is 0. The van der Waals surface area contributed by atoms with Crippen molar-refractivity contribution in [1.29, 1.82) is 0 Å². The van der Waals surface area contributed by atoms with Gasteiger partial charge < -0.3 is 4.90 Å². The van der Waals surface area contributed by atoms with Crippen molar-refractivity contribution in [2.24, 2.45) is 0 Å².